The fourth-order valence-electron chi connectivity index (χ4n) is 4.70. The number of rotatable bonds is 6. The van der Waals surface area contributed by atoms with E-state index in [0.29, 0.717) is 12.0 Å². The van der Waals surface area contributed by atoms with Crippen LogP contribution in [0.25, 0.3) is 0 Å². The summed E-state index contributed by atoms with van der Waals surface area (Å²) in [6.45, 7) is 6.98. The van der Waals surface area contributed by atoms with Gasteiger partial charge in [0.1, 0.15) is 0 Å². The van der Waals surface area contributed by atoms with Crippen LogP contribution in [0.4, 0.5) is 39.5 Å². The second kappa shape index (κ2) is 17.1. The zero-order valence-corrected chi connectivity index (χ0v) is 24.0. The summed E-state index contributed by atoms with van der Waals surface area (Å²) in [4.78, 5) is 37.8. The monoisotopic (exact) mass is 679 g/mol. The number of halogens is 9. The van der Waals surface area contributed by atoms with Crippen LogP contribution in [-0.2, 0) is 32.3 Å². The van der Waals surface area contributed by atoms with Crippen LogP contribution < -0.4 is 0 Å². The van der Waals surface area contributed by atoms with Gasteiger partial charge < -0.3 is 20.1 Å². The molecule has 46 heavy (non-hydrogen) atoms. The Hall–Kier alpha value is -4.00. The van der Waals surface area contributed by atoms with Crippen LogP contribution in [0.2, 0.25) is 0 Å². The average Bonchev–Trinajstić information content (AvgIpc) is 3.45. The van der Waals surface area contributed by atoms with Crippen molar-refractivity contribution >= 4 is 17.9 Å². The Labute approximate surface area is 255 Å². The molecule has 1 saturated heterocycles. The van der Waals surface area contributed by atoms with E-state index < -0.39 is 36.4 Å². The van der Waals surface area contributed by atoms with Crippen LogP contribution in [0.5, 0.6) is 0 Å². The molecule has 4 rings (SSSR count). The minimum atomic E-state index is -5.08. The Balaban J connectivity index is 0.000000413. The zero-order valence-electron chi connectivity index (χ0n) is 24.0. The third-order valence-electron chi connectivity index (χ3n) is 6.56. The van der Waals surface area contributed by atoms with E-state index in [0.717, 1.165) is 25.6 Å². The van der Waals surface area contributed by atoms with E-state index in [4.69, 9.17) is 34.4 Å². The van der Waals surface area contributed by atoms with E-state index >= 15 is 0 Å². The van der Waals surface area contributed by atoms with Crippen molar-refractivity contribution in [3.63, 3.8) is 0 Å². The number of likely N-dealkylation sites (tertiary alicyclic amines) is 1. The highest BCUT2D eigenvalue weighted by molar-refractivity contribution is 5.73. The lowest BCUT2D eigenvalue weighted by Gasteiger charge is -2.29. The van der Waals surface area contributed by atoms with Crippen molar-refractivity contribution in [2.75, 3.05) is 19.7 Å². The van der Waals surface area contributed by atoms with Gasteiger partial charge >= 0.3 is 36.4 Å². The molecule has 0 radical (unpaired) electrons. The molecule has 1 saturated carbocycles. The molecule has 0 aromatic carbocycles. The van der Waals surface area contributed by atoms with Crippen molar-refractivity contribution in [1.82, 2.24) is 14.9 Å². The summed E-state index contributed by atoms with van der Waals surface area (Å²) in [6, 6.07) is 6.37. The lowest BCUT2D eigenvalue weighted by atomic mass is 9.81. The van der Waals surface area contributed by atoms with Crippen LogP contribution in [-0.4, -0.2) is 86.3 Å². The number of carbonyl (C=O) groups is 3. The van der Waals surface area contributed by atoms with Crippen LogP contribution in [0.1, 0.15) is 36.0 Å². The average molecular weight is 680 g/mol. The molecule has 1 aliphatic heterocycles. The van der Waals surface area contributed by atoms with Crippen LogP contribution in [0, 0.1) is 18.3 Å². The number of hydrogen-bond donors (Lipinski definition) is 3. The van der Waals surface area contributed by atoms with Crippen molar-refractivity contribution in [2.45, 2.75) is 57.9 Å². The molecule has 2 aromatic rings. The number of pyridine rings is 2. The fraction of sp³-hybridized carbons (Fsp3) is 0.519. The molecule has 1 aliphatic carbocycles. The van der Waals surface area contributed by atoms with E-state index in [1.807, 2.05) is 30.9 Å². The van der Waals surface area contributed by atoms with Crippen LogP contribution >= 0.6 is 0 Å². The van der Waals surface area contributed by atoms with E-state index in [-0.39, 0.29) is 0 Å². The Morgan fingerprint density at radius 3 is 1.87 bits per heavy atom. The lowest BCUT2D eigenvalue weighted by Crippen LogP contribution is -2.32. The maximum atomic E-state index is 10.6. The number of carboxylic acids is 3. The number of aromatic nitrogens is 2. The Bertz CT molecular complexity index is 1220. The Kier molecular flexibility index (Phi) is 14.8. The van der Waals surface area contributed by atoms with Gasteiger partial charge in [0.25, 0.3) is 0 Å². The summed E-state index contributed by atoms with van der Waals surface area (Å²) < 4.78 is 101. The van der Waals surface area contributed by atoms with E-state index in [9.17, 15) is 39.5 Å². The summed E-state index contributed by atoms with van der Waals surface area (Å²) in [7, 11) is 0. The first-order chi connectivity index (χ1) is 21.1. The number of alkyl halides is 9. The topological polar surface area (TPSA) is 150 Å². The number of carboxylic acid groups (broad SMARTS) is 3. The molecule has 3 N–H and O–H groups in total. The quantitative estimate of drug-likeness (QED) is 0.334. The van der Waals surface area contributed by atoms with E-state index in [1.54, 1.807) is 0 Å². The molecule has 19 heteroatoms. The Morgan fingerprint density at radius 2 is 1.41 bits per heavy atom. The Morgan fingerprint density at radius 1 is 0.891 bits per heavy atom. The second-order valence-corrected chi connectivity index (χ2v) is 10.3. The van der Waals surface area contributed by atoms with Gasteiger partial charge in [-0.05, 0) is 48.4 Å². The number of fused-ring (bicyclic) bond motifs is 1. The van der Waals surface area contributed by atoms with Crippen molar-refractivity contribution < 1.29 is 74.0 Å². The van der Waals surface area contributed by atoms with Crippen molar-refractivity contribution in [3.8, 4) is 0 Å². The standard InChI is InChI=1S/C21H27N3O.3C2HF3O2/c1-17-8-19(11-23-9-17)14-25-16-21-6-2-5-20(21)13-24(15-21)12-18-4-3-7-22-10-18;3*3-2(4,5)1(6)7/h3-4,7-11,20H,2,5-6,12-16H2,1H3;3*(H,6,7)/t20-,21+;;;/m1.../s1. The molecular weight excluding hydrogens is 649 g/mol. The first kappa shape index (κ1) is 40.0. The van der Waals surface area contributed by atoms with Gasteiger partial charge in [0.2, 0.25) is 0 Å². The SMILES string of the molecule is Cc1cncc(COC[C@@]23CCC[C@@H]2CN(Cc2cccnc2)C3)c1.O=C(O)C(F)(F)F.O=C(O)C(F)(F)F.O=C(O)C(F)(F)F. The van der Waals surface area contributed by atoms with Gasteiger partial charge in [-0.1, -0.05) is 18.6 Å². The van der Waals surface area contributed by atoms with Gasteiger partial charge in [-0.15, -0.1) is 0 Å². The largest absolute Gasteiger partial charge is 0.490 e. The third-order valence-corrected chi connectivity index (χ3v) is 6.56. The molecule has 0 bridgehead atoms. The molecule has 0 unspecified atom stereocenters. The molecule has 2 atom stereocenters. The molecule has 2 aliphatic rings. The molecular formula is C27H30F9N3O7. The predicted molar refractivity (Wildman–Crippen MR) is 139 cm³/mol. The van der Waals surface area contributed by atoms with E-state index in [1.165, 1.54) is 42.5 Å². The van der Waals surface area contributed by atoms with Crippen LogP contribution in [0.15, 0.2) is 43.0 Å². The zero-order chi connectivity index (χ0) is 35.3. The highest BCUT2D eigenvalue weighted by atomic mass is 19.4. The summed E-state index contributed by atoms with van der Waals surface area (Å²) in [5, 5.41) is 21.4. The molecule has 0 amide bonds. The van der Waals surface area contributed by atoms with Crippen LogP contribution in [0.3, 0.4) is 0 Å². The molecule has 2 aromatic heterocycles. The van der Waals surface area contributed by atoms with Crippen molar-refractivity contribution in [1.29, 1.82) is 0 Å². The smallest absolute Gasteiger partial charge is 0.475 e. The molecule has 258 valence electrons. The first-order valence-corrected chi connectivity index (χ1v) is 13.1. The lowest BCUT2D eigenvalue weighted by molar-refractivity contribution is -0.193. The molecule has 3 heterocycles. The van der Waals surface area contributed by atoms with Gasteiger partial charge in [0, 0.05) is 49.8 Å². The third kappa shape index (κ3) is 14.4. The van der Waals surface area contributed by atoms with Gasteiger partial charge in [-0.3, -0.25) is 14.9 Å². The van der Waals surface area contributed by atoms with Gasteiger partial charge in [0.05, 0.1) is 13.2 Å². The van der Waals surface area contributed by atoms with Gasteiger partial charge in [0.15, 0.2) is 0 Å². The highest BCUT2D eigenvalue weighted by Crippen LogP contribution is 2.49. The normalized spacial score (nSPS) is 19.3. The number of hydrogen-bond acceptors (Lipinski definition) is 7. The molecule has 2 fully saturated rings. The number of nitrogens with zero attached hydrogens (tertiary/aromatic N) is 3. The van der Waals surface area contributed by atoms with Gasteiger partial charge in [-0.2, -0.15) is 39.5 Å². The maximum absolute atomic E-state index is 10.6. The fourth-order valence-corrected chi connectivity index (χ4v) is 4.70. The molecule has 0 spiro atoms. The second-order valence-electron chi connectivity index (χ2n) is 10.3. The highest BCUT2D eigenvalue weighted by Gasteiger charge is 2.49. The summed E-state index contributed by atoms with van der Waals surface area (Å²) in [6.07, 6.45) is -3.62. The first-order valence-electron chi connectivity index (χ1n) is 13.1. The summed E-state index contributed by atoms with van der Waals surface area (Å²) in [5.74, 6) is -7.49. The summed E-state index contributed by atoms with van der Waals surface area (Å²) in [5.41, 5.74) is 4.03. The number of aliphatic carboxylic acids is 3. The van der Waals surface area contributed by atoms with Crippen molar-refractivity contribution in [3.05, 3.63) is 59.7 Å². The minimum Gasteiger partial charge on any atom is -0.475 e. The van der Waals surface area contributed by atoms with Crippen molar-refractivity contribution in [2.24, 2.45) is 11.3 Å². The number of aryl methyl sites for hydroxylation is 1. The number of ether oxygens (including phenoxy) is 1. The molecule has 10 nitrogen and oxygen atoms in total. The predicted octanol–water partition coefficient (Wildman–Crippen LogP) is 5.50. The summed E-state index contributed by atoms with van der Waals surface area (Å²) >= 11 is 0. The van der Waals surface area contributed by atoms with Gasteiger partial charge in [-0.25, -0.2) is 14.4 Å². The minimum absolute atomic E-state index is 0.347. The maximum Gasteiger partial charge on any atom is 0.490 e. The van der Waals surface area contributed by atoms with E-state index in [2.05, 4.69) is 33.9 Å².